The van der Waals surface area contributed by atoms with Crippen molar-refractivity contribution in [3.63, 3.8) is 0 Å². The molecule has 0 saturated heterocycles. The number of aryl methyl sites for hydroxylation is 1. The van der Waals surface area contributed by atoms with E-state index in [4.69, 9.17) is 0 Å². The summed E-state index contributed by atoms with van der Waals surface area (Å²) in [5, 5.41) is 2.88. The van der Waals surface area contributed by atoms with Crippen LogP contribution in [0.3, 0.4) is 0 Å². The minimum Gasteiger partial charge on any atom is -0.298 e. The Balaban J connectivity index is 2.24. The smallest absolute Gasteiger partial charge is 0.150 e. The van der Waals surface area contributed by atoms with Crippen molar-refractivity contribution in [3.05, 3.63) is 47.0 Å². The van der Waals surface area contributed by atoms with Gasteiger partial charge in [0.2, 0.25) is 0 Å². The molecule has 1 aromatic carbocycles. The summed E-state index contributed by atoms with van der Waals surface area (Å²) in [6, 6.07) is 9.45. The average Bonchev–Trinajstić information content (AvgIpc) is 2.83. The molecule has 0 atom stereocenters. The predicted molar refractivity (Wildman–Crippen MR) is 73.0 cm³/mol. The Hall–Kier alpha value is -2.07. The second-order valence-corrected chi connectivity index (χ2v) is 4.67. The number of hydrogen-bond acceptors (Lipinski definition) is 4. The number of hydrogen-bond donors (Lipinski definition) is 0. The number of benzene rings is 1. The Kier molecular flexibility index (Phi) is 2.64. The molecular formula is C14H10N2OS. The number of carbonyl (C=O) groups excluding carboxylic acids is 1. The van der Waals surface area contributed by atoms with Crippen LogP contribution in [0.1, 0.15) is 16.1 Å². The Morgan fingerprint density at radius 2 is 2.11 bits per heavy atom. The quantitative estimate of drug-likeness (QED) is 0.657. The van der Waals surface area contributed by atoms with Crippen molar-refractivity contribution in [1.29, 1.82) is 0 Å². The van der Waals surface area contributed by atoms with Crippen LogP contribution in [0.5, 0.6) is 0 Å². The monoisotopic (exact) mass is 254 g/mol. The highest BCUT2D eigenvalue weighted by Crippen LogP contribution is 2.25. The number of nitrogens with zero attached hydrogens (tertiary/aromatic N) is 2. The molecule has 2 heterocycles. The van der Waals surface area contributed by atoms with E-state index in [1.54, 1.807) is 6.07 Å². The summed E-state index contributed by atoms with van der Waals surface area (Å²) in [7, 11) is 0. The minimum atomic E-state index is 0.673. The summed E-state index contributed by atoms with van der Waals surface area (Å²) in [4.78, 5) is 15.5. The van der Waals surface area contributed by atoms with Crippen molar-refractivity contribution in [1.82, 2.24) is 9.36 Å². The second kappa shape index (κ2) is 4.31. The summed E-state index contributed by atoms with van der Waals surface area (Å²) in [6.45, 7) is 1.97. The fourth-order valence-corrected chi connectivity index (χ4v) is 2.68. The Morgan fingerprint density at radius 3 is 2.83 bits per heavy atom. The molecule has 3 aromatic rings. The molecule has 2 aromatic heterocycles. The van der Waals surface area contributed by atoms with Crippen molar-refractivity contribution in [2.24, 2.45) is 0 Å². The van der Waals surface area contributed by atoms with Crippen molar-refractivity contribution in [2.75, 3.05) is 0 Å². The van der Waals surface area contributed by atoms with Gasteiger partial charge < -0.3 is 0 Å². The summed E-state index contributed by atoms with van der Waals surface area (Å²) in [6.07, 6.45) is 0.862. The molecule has 0 radical (unpaired) electrons. The number of pyridine rings is 1. The van der Waals surface area contributed by atoms with Crippen LogP contribution in [-0.2, 0) is 0 Å². The first-order chi connectivity index (χ1) is 8.79. The van der Waals surface area contributed by atoms with Gasteiger partial charge in [-0.05, 0) is 36.7 Å². The Morgan fingerprint density at radius 1 is 1.22 bits per heavy atom. The largest absolute Gasteiger partial charge is 0.298 e. The van der Waals surface area contributed by atoms with E-state index in [1.165, 1.54) is 11.5 Å². The lowest BCUT2D eigenvalue weighted by molar-refractivity contribution is 0.112. The highest BCUT2D eigenvalue weighted by Gasteiger charge is 2.08. The third-order valence-electron chi connectivity index (χ3n) is 2.92. The third-order valence-corrected chi connectivity index (χ3v) is 3.64. The lowest BCUT2D eigenvalue weighted by atomic mass is 10.1. The van der Waals surface area contributed by atoms with Crippen molar-refractivity contribution in [2.45, 2.75) is 6.92 Å². The summed E-state index contributed by atoms with van der Waals surface area (Å²) in [5.41, 5.74) is 4.45. The van der Waals surface area contributed by atoms with Crippen LogP contribution >= 0.6 is 11.5 Å². The highest BCUT2D eigenvalue weighted by atomic mass is 32.1. The number of rotatable bonds is 2. The molecule has 0 saturated carbocycles. The van der Waals surface area contributed by atoms with Gasteiger partial charge in [-0.15, -0.1) is 0 Å². The number of aldehydes is 1. The second-order valence-electron chi connectivity index (χ2n) is 4.04. The SMILES string of the molecule is Cc1nscc1-c1ccc2c(C=O)cccc2n1. The van der Waals surface area contributed by atoms with E-state index < -0.39 is 0 Å². The lowest BCUT2D eigenvalue weighted by Crippen LogP contribution is -1.89. The molecule has 0 amide bonds. The lowest BCUT2D eigenvalue weighted by Gasteiger charge is -2.03. The molecule has 0 aliphatic heterocycles. The van der Waals surface area contributed by atoms with Crippen LogP contribution in [0.2, 0.25) is 0 Å². The van der Waals surface area contributed by atoms with E-state index >= 15 is 0 Å². The molecule has 0 unspecified atom stereocenters. The van der Waals surface area contributed by atoms with Crippen molar-refractivity contribution in [3.8, 4) is 11.3 Å². The van der Waals surface area contributed by atoms with Gasteiger partial charge in [0.1, 0.15) is 0 Å². The van der Waals surface area contributed by atoms with Gasteiger partial charge >= 0.3 is 0 Å². The molecule has 3 nitrogen and oxygen atoms in total. The molecule has 0 N–H and O–H groups in total. The van der Waals surface area contributed by atoms with Gasteiger partial charge in [-0.2, -0.15) is 4.37 Å². The summed E-state index contributed by atoms with van der Waals surface area (Å²) in [5.74, 6) is 0. The zero-order valence-corrected chi connectivity index (χ0v) is 10.6. The van der Waals surface area contributed by atoms with Gasteiger partial charge in [0.25, 0.3) is 0 Å². The molecule has 3 rings (SSSR count). The van der Waals surface area contributed by atoms with Gasteiger partial charge in [0.15, 0.2) is 6.29 Å². The number of carbonyl (C=O) groups is 1. The molecule has 4 heteroatoms. The average molecular weight is 254 g/mol. The third kappa shape index (κ3) is 1.71. The van der Waals surface area contributed by atoms with E-state index in [0.717, 1.165) is 34.1 Å². The first kappa shape index (κ1) is 11.0. The molecule has 0 bridgehead atoms. The fraction of sp³-hybridized carbons (Fsp3) is 0.0714. The number of fused-ring (bicyclic) bond motifs is 1. The Labute approximate surface area is 108 Å². The van der Waals surface area contributed by atoms with E-state index in [9.17, 15) is 4.79 Å². The first-order valence-electron chi connectivity index (χ1n) is 5.56. The van der Waals surface area contributed by atoms with Gasteiger partial charge in [0.05, 0.1) is 16.9 Å². The molecule has 0 aliphatic rings. The zero-order chi connectivity index (χ0) is 12.5. The van der Waals surface area contributed by atoms with Gasteiger partial charge in [-0.1, -0.05) is 12.1 Å². The van der Waals surface area contributed by atoms with Crippen molar-refractivity contribution < 1.29 is 4.79 Å². The van der Waals surface area contributed by atoms with Gasteiger partial charge in [-0.25, -0.2) is 4.98 Å². The van der Waals surface area contributed by atoms with Crippen molar-refractivity contribution >= 4 is 28.7 Å². The van der Waals surface area contributed by atoms with Crippen LogP contribution in [0, 0.1) is 6.92 Å². The summed E-state index contributed by atoms with van der Waals surface area (Å²) < 4.78 is 4.25. The minimum absolute atomic E-state index is 0.673. The molecule has 0 fully saturated rings. The maximum absolute atomic E-state index is 11.0. The molecule has 88 valence electrons. The van der Waals surface area contributed by atoms with Crippen LogP contribution in [0.4, 0.5) is 0 Å². The topological polar surface area (TPSA) is 42.9 Å². The van der Waals surface area contributed by atoms with Crippen LogP contribution < -0.4 is 0 Å². The van der Waals surface area contributed by atoms with Crippen LogP contribution in [-0.4, -0.2) is 15.6 Å². The van der Waals surface area contributed by atoms with Crippen LogP contribution in [0.25, 0.3) is 22.2 Å². The predicted octanol–water partition coefficient (Wildman–Crippen LogP) is 3.48. The first-order valence-corrected chi connectivity index (χ1v) is 6.39. The highest BCUT2D eigenvalue weighted by molar-refractivity contribution is 7.04. The summed E-state index contributed by atoms with van der Waals surface area (Å²) >= 11 is 1.43. The fourth-order valence-electron chi connectivity index (χ4n) is 1.97. The van der Waals surface area contributed by atoms with E-state index in [-0.39, 0.29) is 0 Å². The van der Waals surface area contributed by atoms with E-state index in [2.05, 4.69) is 9.36 Å². The molecule has 18 heavy (non-hydrogen) atoms. The zero-order valence-electron chi connectivity index (χ0n) is 9.75. The Bertz CT molecular complexity index is 733. The standard InChI is InChI=1S/C14H10N2OS/c1-9-12(8-18-16-9)14-6-5-11-10(7-17)3-2-4-13(11)15-14/h2-8H,1H3. The van der Waals surface area contributed by atoms with E-state index in [1.807, 2.05) is 36.6 Å². The van der Waals surface area contributed by atoms with Gasteiger partial charge in [0, 0.05) is 21.9 Å². The number of aromatic nitrogens is 2. The maximum atomic E-state index is 11.0. The molecule has 0 aliphatic carbocycles. The maximum Gasteiger partial charge on any atom is 0.150 e. The normalized spacial score (nSPS) is 10.7. The van der Waals surface area contributed by atoms with Gasteiger partial charge in [-0.3, -0.25) is 4.79 Å². The van der Waals surface area contributed by atoms with Crippen LogP contribution in [0.15, 0.2) is 35.7 Å². The molecular weight excluding hydrogens is 244 g/mol. The molecule has 0 spiro atoms. The van der Waals surface area contributed by atoms with E-state index in [0.29, 0.717) is 5.56 Å².